The van der Waals surface area contributed by atoms with Crippen LogP contribution in [0.1, 0.15) is 60.0 Å². The zero-order chi connectivity index (χ0) is 25.8. The molecule has 2 heterocycles. The summed E-state index contributed by atoms with van der Waals surface area (Å²) in [5.74, 6) is 0.691. The molecule has 0 aliphatic carbocycles. The van der Waals surface area contributed by atoms with Gasteiger partial charge in [0.25, 0.3) is 0 Å². The van der Waals surface area contributed by atoms with Crippen molar-refractivity contribution in [3.05, 3.63) is 130 Å². The number of aromatic nitrogens is 2. The highest BCUT2D eigenvalue weighted by Gasteiger charge is 2.15. The van der Waals surface area contributed by atoms with Crippen molar-refractivity contribution < 1.29 is 0 Å². The molecule has 0 aliphatic rings. The molecule has 2 nitrogen and oxygen atoms in total. The Morgan fingerprint density at radius 2 is 1.46 bits per heavy atom. The Kier molecular flexibility index (Phi) is 7.55. The molecule has 2 heteroatoms. The third-order valence-corrected chi connectivity index (χ3v) is 7.41. The second kappa shape index (κ2) is 11.2. The highest BCUT2D eigenvalue weighted by molar-refractivity contribution is 5.88. The minimum Gasteiger partial charge on any atom is -0.313 e. The molecule has 188 valence electrons. The largest absolute Gasteiger partial charge is 0.313 e. The summed E-state index contributed by atoms with van der Waals surface area (Å²) in [5, 5.41) is 1.37. The maximum atomic E-state index is 4.46. The van der Waals surface area contributed by atoms with Crippen LogP contribution >= 0.6 is 0 Å². The zero-order valence-electron chi connectivity index (χ0n) is 22.7. The van der Waals surface area contributed by atoms with Gasteiger partial charge in [0.05, 0.1) is 5.52 Å². The highest BCUT2D eigenvalue weighted by Crippen LogP contribution is 2.31. The van der Waals surface area contributed by atoms with Gasteiger partial charge in [-0.05, 0) is 109 Å². The summed E-state index contributed by atoms with van der Waals surface area (Å²) in [5.41, 5.74) is 12.0. The fraction of sp³-hybridized carbons (Fsp3) is 0.286. The van der Waals surface area contributed by atoms with Gasteiger partial charge in [-0.1, -0.05) is 69.3 Å². The first-order valence-corrected chi connectivity index (χ1v) is 13.7. The topological polar surface area (TPSA) is 17.8 Å². The summed E-state index contributed by atoms with van der Waals surface area (Å²) in [4.78, 5) is 4.46. The van der Waals surface area contributed by atoms with Gasteiger partial charge in [0.15, 0.2) is 0 Å². The van der Waals surface area contributed by atoms with Crippen molar-refractivity contribution in [2.75, 3.05) is 0 Å². The number of aryl methyl sites for hydroxylation is 3. The lowest BCUT2D eigenvalue weighted by atomic mass is 9.98. The molecule has 2 aromatic heterocycles. The fourth-order valence-corrected chi connectivity index (χ4v) is 5.51. The van der Waals surface area contributed by atoms with E-state index in [1.54, 1.807) is 0 Å². The van der Waals surface area contributed by atoms with Gasteiger partial charge in [-0.25, -0.2) is 0 Å². The predicted molar refractivity (Wildman–Crippen MR) is 157 cm³/mol. The van der Waals surface area contributed by atoms with Gasteiger partial charge in [0.1, 0.15) is 0 Å². The maximum Gasteiger partial charge on any atom is 0.0534 e. The van der Waals surface area contributed by atoms with Crippen molar-refractivity contribution in [1.29, 1.82) is 0 Å². The van der Waals surface area contributed by atoms with E-state index in [9.17, 15) is 0 Å². The summed E-state index contributed by atoms with van der Waals surface area (Å²) in [6, 6.07) is 31.5. The van der Waals surface area contributed by atoms with Crippen LogP contribution in [0.15, 0.2) is 91.1 Å². The van der Waals surface area contributed by atoms with Crippen LogP contribution in [0, 0.1) is 12.8 Å². The molecule has 0 amide bonds. The average Bonchev–Trinajstić information content (AvgIpc) is 3.20. The summed E-state index contributed by atoms with van der Waals surface area (Å²) >= 11 is 0. The first-order valence-electron chi connectivity index (χ1n) is 13.7. The molecule has 0 spiro atoms. The Labute approximate surface area is 222 Å². The SMILES string of the molecule is CCc1c(C)c2cc(Cc3ccc(CC(C)C)cc3)ccc2n1-c1ccc(CCc2ccccn2)cc1. The molecule has 0 aliphatic heterocycles. The predicted octanol–water partition coefficient (Wildman–Crippen LogP) is 8.47. The van der Waals surface area contributed by atoms with Crippen molar-refractivity contribution in [3.63, 3.8) is 0 Å². The number of benzene rings is 3. The third kappa shape index (κ3) is 5.69. The Balaban J connectivity index is 1.38. The standard InChI is InChI=1S/C35H38N2/c1-5-34-26(4)33-24-30(23-29-11-9-28(10-12-29)22-25(2)3)16-20-35(33)37(34)32-18-14-27(15-19-32)13-17-31-8-6-7-21-36-31/h6-12,14-16,18-21,24-25H,5,13,17,22-23H2,1-4H3. The van der Waals surface area contributed by atoms with Crippen molar-refractivity contribution in [3.8, 4) is 5.69 Å². The van der Waals surface area contributed by atoms with Crippen LogP contribution in [0.3, 0.4) is 0 Å². The van der Waals surface area contributed by atoms with Gasteiger partial charge < -0.3 is 4.57 Å². The molecule has 0 atom stereocenters. The van der Waals surface area contributed by atoms with Gasteiger partial charge in [-0.15, -0.1) is 0 Å². The average molecular weight is 487 g/mol. The number of hydrogen-bond donors (Lipinski definition) is 0. The third-order valence-electron chi connectivity index (χ3n) is 7.41. The number of pyridine rings is 1. The van der Waals surface area contributed by atoms with Gasteiger partial charge in [-0.3, -0.25) is 4.98 Å². The molecule has 0 radical (unpaired) electrons. The number of rotatable bonds is 9. The van der Waals surface area contributed by atoms with Crippen LogP contribution in [-0.2, 0) is 32.1 Å². The van der Waals surface area contributed by atoms with Crippen molar-refractivity contribution in [2.24, 2.45) is 5.92 Å². The normalized spacial score (nSPS) is 11.5. The lowest BCUT2D eigenvalue weighted by molar-refractivity contribution is 0.647. The molecule has 3 aromatic carbocycles. The molecular weight excluding hydrogens is 448 g/mol. The van der Waals surface area contributed by atoms with Crippen LogP contribution in [0.5, 0.6) is 0 Å². The molecule has 0 fully saturated rings. The second-order valence-electron chi connectivity index (χ2n) is 10.7. The van der Waals surface area contributed by atoms with Gasteiger partial charge in [0, 0.05) is 28.7 Å². The van der Waals surface area contributed by atoms with Crippen LogP contribution in [0.25, 0.3) is 16.6 Å². The van der Waals surface area contributed by atoms with Crippen molar-refractivity contribution >= 4 is 10.9 Å². The zero-order valence-corrected chi connectivity index (χ0v) is 22.7. The number of nitrogens with zero attached hydrogens (tertiary/aromatic N) is 2. The first-order chi connectivity index (χ1) is 18.0. The maximum absolute atomic E-state index is 4.46. The molecule has 0 saturated carbocycles. The van der Waals surface area contributed by atoms with E-state index >= 15 is 0 Å². The minimum absolute atomic E-state index is 0.691. The highest BCUT2D eigenvalue weighted by atomic mass is 15.0. The number of fused-ring (bicyclic) bond motifs is 1. The minimum atomic E-state index is 0.691. The summed E-state index contributed by atoms with van der Waals surface area (Å²) in [6.45, 7) is 9.10. The van der Waals surface area contributed by atoms with E-state index in [1.807, 2.05) is 12.3 Å². The Hall–Kier alpha value is -3.65. The summed E-state index contributed by atoms with van der Waals surface area (Å²) < 4.78 is 2.46. The van der Waals surface area contributed by atoms with E-state index in [0.29, 0.717) is 5.92 Å². The van der Waals surface area contributed by atoms with Gasteiger partial charge in [-0.2, -0.15) is 0 Å². The Morgan fingerprint density at radius 1 is 0.757 bits per heavy atom. The van der Waals surface area contributed by atoms with Crippen LogP contribution in [-0.4, -0.2) is 9.55 Å². The van der Waals surface area contributed by atoms with Gasteiger partial charge >= 0.3 is 0 Å². The lowest BCUT2D eigenvalue weighted by Crippen LogP contribution is -2.01. The van der Waals surface area contributed by atoms with E-state index in [4.69, 9.17) is 0 Å². The summed E-state index contributed by atoms with van der Waals surface area (Å²) in [6.07, 6.45) is 6.97. The first kappa shape index (κ1) is 25.0. The van der Waals surface area contributed by atoms with Crippen molar-refractivity contribution in [2.45, 2.75) is 59.8 Å². The van der Waals surface area contributed by atoms with E-state index in [0.717, 1.165) is 37.8 Å². The quantitative estimate of drug-likeness (QED) is 0.204. The summed E-state index contributed by atoms with van der Waals surface area (Å²) in [7, 11) is 0. The second-order valence-corrected chi connectivity index (χ2v) is 10.7. The molecule has 0 N–H and O–H groups in total. The smallest absolute Gasteiger partial charge is 0.0534 e. The van der Waals surface area contributed by atoms with E-state index in [2.05, 4.69) is 116 Å². The molecule has 0 bridgehead atoms. The molecular formula is C35H38N2. The monoisotopic (exact) mass is 486 g/mol. The Morgan fingerprint density at radius 3 is 2.14 bits per heavy atom. The van der Waals surface area contributed by atoms with E-state index in [-0.39, 0.29) is 0 Å². The number of hydrogen-bond acceptors (Lipinski definition) is 1. The van der Waals surface area contributed by atoms with Crippen LogP contribution < -0.4 is 0 Å². The molecule has 0 saturated heterocycles. The van der Waals surface area contributed by atoms with Crippen molar-refractivity contribution in [1.82, 2.24) is 9.55 Å². The van der Waals surface area contributed by atoms with Crippen LogP contribution in [0.2, 0.25) is 0 Å². The fourth-order valence-electron chi connectivity index (χ4n) is 5.51. The van der Waals surface area contributed by atoms with Gasteiger partial charge in [0.2, 0.25) is 0 Å². The van der Waals surface area contributed by atoms with Crippen LogP contribution in [0.4, 0.5) is 0 Å². The molecule has 5 rings (SSSR count). The molecule has 0 unspecified atom stereocenters. The van der Waals surface area contributed by atoms with E-state index in [1.165, 1.54) is 50.1 Å². The van der Waals surface area contributed by atoms with E-state index < -0.39 is 0 Å². The molecule has 5 aromatic rings. The Bertz CT molecular complexity index is 1460. The molecule has 37 heavy (non-hydrogen) atoms. The lowest BCUT2D eigenvalue weighted by Gasteiger charge is -2.12.